The van der Waals surface area contributed by atoms with Crippen LogP contribution in [0.5, 0.6) is 6.01 Å². The molecule has 2 aromatic heterocycles. The summed E-state index contributed by atoms with van der Waals surface area (Å²) in [7, 11) is 0. The standard InChI is InChI=1S/C15H24N6O2/c1-2-3-7-23-14-19-12(16)11-13(20-14)21(15(22)18-11)9-10-5-4-6-17-8-10/h10,17H,2-9H2,1H3,(H,18,22)(H2,16,19,20)/t10-/m0/s1. The Labute approximate surface area is 134 Å². The highest BCUT2D eigenvalue weighted by atomic mass is 16.5. The highest BCUT2D eigenvalue weighted by Crippen LogP contribution is 2.20. The summed E-state index contributed by atoms with van der Waals surface area (Å²) in [4.78, 5) is 23.5. The predicted octanol–water partition coefficient (Wildman–Crippen LogP) is 0.880. The Hall–Kier alpha value is -2.09. The third-order valence-corrected chi connectivity index (χ3v) is 4.20. The fraction of sp³-hybridized carbons (Fsp3) is 0.667. The van der Waals surface area contributed by atoms with Gasteiger partial charge >= 0.3 is 11.7 Å². The van der Waals surface area contributed by atoms with E-state index in [1.54, 1.807) is 4.57 Å². The number of anilines is 1. The van der Waals surface area contributed by atoms with Crippen molar-refractivity contribution in [2.75, 3.05) is 25.4 Å². The zero-order chi connectivity index (χ0) is 16.2. The largest absolute Gasteiger partial charge is 0.463 e. The summed E-state index contributed by atoms with van der Waals surface area (Å²) in [5, 5.41) is 3.36. The number of hydrogen-bond donors (Lipinski definition) is 3. The van der Waals surface area contributed by atoms with Gasteiger partial charge in [0.2, 0.25) is 0 Å². The first-order valence-electron chi connectivity index (χ1n) is 8.28. The van der Waals surface area contributed by atoms with E-state index in [1.165, 1.54) is 0 Å². The van der Waals surface area contributed by atoms with Crippen LogP contribution in [0.1, 0.15) is 32.6 Å². The lowest BCUT2D eigenvalue weighted by Gasteiger charge is -2.22. The van der Waals surface area contributed by atoms with Gasteiger partial charge < -0.3 is 20.8 Å². The number of nitrogens with one attached hydrogen (secondary N) is 2. The van der Waals surface area contributed by atoms with Crippen LogP contribution < -0.4 is 21.5 Å². The summed E-state index contributed by atoms with van der Waals surface area (Å²) >= 11 is 0. The van der Waals surface area contributed by atoms with Crippen LogP contribution in [0.2, 0.25) is 0 Å². The number of imidazole rings is 1. The molecule has 0 radical (unpaired) electrons. The summed E-state index contributed by atoms with van der Waals surface area (Å²) < 4.78 is 7.20. The molecule has 0 amide bonds. The van der Waals surface area contributed by atoms with Gasteiger partial charge in [-0.3, -0.25) is 4.57 Å². The van der Waals surface area contributed by atoms with Crippen molar-refractivity contribution in [3.8, 4) is 6.01 Å². The van der Waals surface area contributed by atoms with Gasteiger partial charge in [-0.1, -0.05) is 13.3 Å². The maximum absolute atomic E-state index is 12.3. The number of ether oxygens (including phenoxy) is 1. The highest BCUT2D eigenvalue weighted by Gasteiger charge is 2.19. The molecule has 3 rings (SSSR count). The van der Waals surface area contributed by atoms with Gasteiger partial charge in [0.25, 0.3) is 0 Å². The molecule has 0 bridgehead atoms. The average molecular weight is 320 g/mol. The number of hydrogen-bond acceptors (Lipinski definition) is 6. The molecular formula is C15H24N6O2. The second kappa shape index (κ2) is 6.99. The number of aromatic nitrogens is 4. The molecule has 1 aliphatic rings. The Morgan fingerprint density at radius 3 is 3.04 bits per heavy atom. The first-order chi connectivity index (χ1) is 11.2. The summed E-state index contributed by atoms with van der Waals surface area (Å²) in [6, 6.07) is 0.234. The monoisotopic (exact) mass is 320 g/mol. The van der Waals surface area contributed by atoms with E-state index in [1.807, 2.05) is 0 Å². The molecule has 8 nitrogen and oxygen atoms in total. The fourth-order valence-corrected chi connectivity index (χ4v) is 2.91. The number of rotatable bonds is 6. The van der Waals surface area contributed by atoms with Gasteiger partial charge in [-0.2, -0.15) is 9.97 Å². The van der Waals surface area contributed by atoms with Gasteiger partial charge in [0, 0.05) is 6.54 Å². The highest BCUT2D eigenvalue weighted by molar-refractivity contribution is 5.81. The molecule has 23 heavy (non-hydrogen) atoms. The second-order valence-corrected chi connectivity index (χ2v) is 6.05. The summed E-state index contributed by atoms with van der Waals surface area (Å²) in [5.41, 5.74) is 6.77. The number of nitrogens with two attached hydrogens (primary N) is 1. The van der Waals surface area contributed by atoms with Crippen molar-refractivity contribution in [1.82, 2.24) is 24.8 Å². The normalized spacial score (nSPS) is 18.4. The van der Waals surface area contributed by atoms with Crippen LogP contribution in [0.4, 0.5) is 5.82 Å². The SMILES string of the molecule is CCCCOc1nc(N)c2[nH]c(=O)n(C[C@H]3CCCNC3)c2n1. The van der Waals surface area contributed by atoms with Crippen LogP contribution in [0, 0.1) is 5.92 Å². The lowest BCUT2D eigenvalue weighted by Crippen LogP contribution is -2.34. The number of nitrogens with zero attached hydrogens (tertiary/aromatic N) is 3. The molecule has 0 aliphatic carbocycles. The molecule has 1 saturated heterocycles. The Kier molecular flexibility index (Phi) is 4.80. The molecule has 0 saturated carbocycles. The van der Waals surface area contributed by atoms with E-state index in [-0.39, 0.29) is 17.5 Å². The molecule has 8 heteroatoms. The molecule has 0 aromatic carbocycles. The number of aromatic amines is 1. The molecule has 1 fully saturated rings. The van der Waals surface area contributed by atoms with Crippen molar-refractivity contribution in [1.29, 1.82) is 0 Å². The van der Waals surface area contributed by atoms with Gasteiger partial charge in [0.1, 0.15) is 5.52 Å². The van der Waals surface area contributed by atoms with Crippen molar-refractivity contribution in [2.45, 2.75) is 39.2 Å². The quantitative estimate of drug-likeness (QED) is 0.681. The van der Waals surface area contributed by atoms with E-state index in [4.69, 9.17) is 10.5 Å². The van der Waals surface area contributed by atoms with Gasteiger partial charge in [-0.25, -0.2) is 4.79 Å². The minimum absolute atomic E-state index is 0.197. The van der Waals surface area contributed by atoms with Crippen LogP contribution in [0.25, 0.3) is 11.2 Å². The van der Waals surface area contributed by atoms with E-state index in [0.717, 1.165) is 38.8 Å². The lowest BCUT2D eigenvalue weighted by molar-refractivity contribution is 0.286. The number of fused-ring (bicyclic) bond motifs is 1. The third kappa shape index (κ3) is 3.47. The zero-order valence-electron chi connectivity index (χ0n) is 13.5. The van der Waals surface area contributed by atoms with Crippen LogP contribution in [-0.2, 0) is 6.54 Å². The molecule has 3 heterocycles. The van der Waals surface area contributed by atoms with Crippen LogP contribution in [-0.4, -0.2) is 39.2 Å². The molecule has 2 aromatic rings. The number of nitrogen functional groups attached to an aromatic ring is 1. The van der Waals surface area contributed by atoms with Gasteiger partial charge in [-0.05, 0) is 38.3 Å². The third-order valence-electron chi connectivity index (χ3n) is 4.20. The van der Waals surface area contributed by atoms with E-state index in [2.05, 4.69) is 27.2 Å². The van der Waals surface area contributed by atoms with Crippen LogP contribution in [0.15, 0.2) is 4.79 Å². The van der Waals surface area contributed by atoms with Crippen molar-refractivity contribution >= 4 is 17.0 Å². The van der Waals surface area contributed by atoms with E-state index < -0.39 is 0 Å². The Morgan fingerprint density at radius 2 is 2.30 bits per heavy atom. The number of H-pyrrole nitrogens is 1. The van der Waals surface area contributed by atoms with E-state index in [0.29, 0.717) is 30.2 Å². The molecule has 0 unspecified atom stereocenters. The molecule has 4 N–H and O–H groups in total. The van der Waals surface area contributed by atoms with E-state index in [9.17, 15) is 4.79 Å². The smallest absolute Gasteiger partial charge is 0.327 e. The number of unbranched alkanes of at least 4 members (excludes halogenated alkanes) is 1. The predicted molar refractivity (Wildman–Crippen MR) is 88.6 cm³/mol. The molecule has 126 valence electrons. The molecule has 0 spiro atoms. The first-order valence-corrected chi connectivity index (χ1v) is 8.28. The van der Waals surface area contributed by atoms with Crippen LogP contribution in [0.3, 0.4) is 0 Å². The first kappa shape index (κ1) is 15.8. The summed E-state index contributed by atoms with van der Waals surface area (Å²) in [6.07, 6.45) is 4.19. The van der Waals surface area contributed by atoms with Gasteiger partial charge in [-0.15, -0.1) is 0 Å². The Balaban J connectivity index is 1.89. The average Bonchev–Trinajstić information content (AvgIpc) is 2.86. The van der Waals surface area contributed by atoms with Gasteiger partial charge in [0.15, 0.2) is 11.5 Å². The van der Waals surface area contributed by atoms with Crippen molar-refractivity contribution < 1.29 is 4.74 Å². The Bertz CT molecular complexity index is 717. The molecule has 1 atom stereocenters. The lowest BCUT2D eigenvalue weighted by atomic mass is 10.00. The molecule has 1 aliphatic heterocycles. The maximum atomic E-state index is 12.3. The molecular weight excluding hydrogens is 296 g/mol. The summed E-state index contributed by atoms with van der Waals surface area (Å²) in [6.45, 7) is 5.21. The number of piperidine rings is 1. The maximum Gasteiger partial charge on any atom is 0.327 e. The summed E-state index contributed by atoms with van der Waals surface area (Å²) in [5.74, 6) is 0.667. The fourth-order valence-electron chi connectivity index (χ4n) is 2.91. The van der Waals surface area contributed by atoms with E-state index >= 15 is 0 Å². The Morgan fingerprint density at radius 1 is 1.43 bits per heavy atom. The van der Waals surface area contributed by atoms with Gasteiger partial charge in [0.05, 0.1) is 6.61 Å². The van der Waals surface area contributed by atoms with Crippen molar-refractivity contribution in [3.05, 3.63) is 10.5 Å². The minimum Gasteiger partial charge on any atom is -0.463 e. The topological polar surface area (TPSA) is 111 Å². The van der Waals surface area contributed by atoms with Crippen LogP contribution >= 0.6 is 0 Å². The zero-order valence-corrected chi connectivity index (χ0v) is 13.5. The second-order valence-electron chi connectivity index (χ2n) is 6.05. The minimum atomic E-state index is -0.197. The van der Waals surface area contributed by atoms with Crippen molar-refractivity contribution in [3.63, 3.8) is 0 Å². The van der Waals surface area contributed by atoms with Crippen molar-refractivity contribution in [2.24, 2.45) is 5.92 Å².